The first-order chi connectivity index (χ1) is 12.2. The molecule has 0 unspecified atom stereocenters. The zero-order valence-electron chi connectivity index (χ0n) is 13.6. The van der Waals surface area contributed by atoms with Gasteiger partial charge in [0.25, 0.3) is 0 Å². The first-order valence-corrected chi connectivity index (χ1v) is 8.56. The lowest BCUT2D eigenvalue weighted by atomic mass is 10.2. The van der Waals surface area contributed by atoms with E-state index in [1.165, 1.54) is 11.8 Å². The standard InChI is InChI=1S/C18H17N3O3S/c1-24-13-8-6-12(7-9-13)11-19-21-17(22)10-16-18(23)20-14-4-2-3-5-15(14)25-16/h2-9,11,16H,10H2,1H3,(H,20,23)(H,21,22)/b19-11-/t16-/m1/s1. The molecule has 1 aliphatic heterocycles. The van der Waals surface area contributed by atoms with E-state index in [1.807, 2.05) is 48.5 Å². The highest BCUT2D eigenvalue weighted by atomic mass is 32.2. The lowest BCUT2D eigenvalue weighted by molar-refractivity contribution is -0.124. The van der Waals surface area contributed by atoms with Gasteiger partial charge >= 0.3 is 0 Å². The van der Waals surface area contributed by atoms with Crippen molar-refractivity contribution in [1.82, 2.24) is 5.43 Å². The van der Waals surface area contributed by atoms with Crippen LogP contribution in [0, 0.1) is 0 Å². The third kappa shape index (κ3) is 4.39. The summed E-state index contributed by atoms with van der Waals surface area (Å²) in [6, 6.07) is 14.8. The number of fused-ring (bicyclic) bond motifs is 1. The first kappa shape index (κ1) is 17.0. The van der Waals surface area contributed by atoms with E-state index in [0.29, 0.717) is 0 Å². The molecule has 2 amide bonds. The van der Waals surface area contributed by atoms with Crippen LogP contribution in [-0.4, -0.2) is 30.4 Å². The zero-order valence-corrected chi connectivity index (χ0v) is 14.4. The minimum absolute atomic E-state index is 0.0603. The zero-order chi connectivity index (χ0) is 17.6. The Morgan fingerprint density at radius 1 is 1.28 bits per heavy atom. The van der Waals surface area contributed by atoms with E-state index in [4.69, 9.17) is 4.74 Å². The highest BCUT2D eigenvalue weighted by Crippen LogP contribution is 2.36. The largest absolute Gasteiger partial charge is 0.497 e. The Kier molecular flexibility index (Phi) is 5.35. The number of carbonyl (C=O) groups excluding carboxylic acids is 2. The van der Waals surface area contributed by atoms with Crippen LogP contribution < -0.4 is 15.5 Å². The molecule has 0 aliphatic carbocycles. The van der Waals surface area contributed by atoms with Crippen molar-refractivity contribution < 1.29 is 14.3 Å². The summed E-state index contributed by atoms with van der Waals surface area (Å²) >= 11 is 1.39. The molecule has 6 nitrogen and oxygen atoms in total. The van der Waals surface area contributed by atoms with Gasteiger partial charge in [-0.25, -0.2) is 5.43 Å². The van der Waals surface area contributed by atoms with Gasteiger partial charge in [0.1, 0.15) is 5.75 Å². The average Bonchev–Trinajstić information content (AvgIpc) is 2.63. The van der Waals surface area contributed by atoms with Gasteiger partial charge in [-0.15, -0.1) is 11.8 Å². The summed E-state index contributed by atoms with van der Waals surface area (Å²) in [7, 11) is 1.60. The molecule has 3 rings (SSSR count). The molecule has 0 bridgehead atoms. The van der Waals surface area contributed by atoms with Gasteiger partial charge in [-0.3, -0.25) is 9.59 Å². The molecular formula is C18H17N3O3S. The highest BCUT2D eigenvalue weighted by Gasteiger charge is 2.28. The summed E-state index contributed by atoms with van der Waals surface area (Å²) in [4.78, 5) is 25.1. The van der Waals surface area contributed by atoms with Crippen molar-refractivity contribution in [1.29, 1.82) is 0 Å². The SMILES string of the molecule is COc1ccc(/C=N\NC(=O)C[C@H]2Sc3ccccc3NC2=O)cc1. The third-order valence-electron chi connectivity index (χ3n) is 3.60. The Hall–Kier alpha value is -2.80. The summed E-state index contributed by atoms with van der Waals surface area (Å²) in [5.74, 6) is 0.275. The Balaban J connectivity index is 1.54. The van der Waals surface area contributed by atoms with Gasteiger partial charge in [0.05, 0.1) is 24.3 Å². The highest BCUT2D eigenvalue weighted by molar-refractivity contribution is 8.01. The molecule has 0 fully saturated rings. The summed E-state index contributed by atoms with van der Waals surface area (Å²) in [5.41, 5.74) is 4.07. The molecule has 0 radical (unpaired) electrons. The molecule has 2 N–H and O–H groups in total. The fourth-order valence-corrected chi connectivity index (χ4v) is 3.42. The molecule has 128 valence electrons. The maximum absolute atomic E-state index is 12.1. The number of thioether (sulfide) groups is 1. The van der Waals surface area contributed by atoms with Gasteiger partial charge < -0.3 is 10.1 Å². The second kappa shape index (κ2) is 7.85. The number of anilines is 1. The van der Waals surface area contributed by atoms with E-state index in [0.717, 1.165) is 21.9 Å². The van der Waals surface area contributed by atoms with Crippen LogP contribution in [-0.2, 0) is 9.59 Å². The van der Waals surface area contributed by atoms with Gasteiger partial charge in [0.2, 0.25) is 11.8 Å². The quantitative estimate of drug-likeness (QED) is 0.638. The number of benzene rings is 2. The van der Waals surface area contributed by atoms with Crippen LogP contribution in [0.15, 0.2) is 58.5 Å². The van der Waals surface area contributed by atoms with Crippen molar-refractivity contribution in [3.05, 3.63) is 54.1 Å². The minimum Gasteiger partial charge on any atom is -0.497 e. The van der Waals surface area contributed by atoms with Crippen LogP contribution in [0.25, 0.3) is 0 Å². The lowest BCUT2D eigenvalue weighted by Crippen LogP contribution is -2.33. The van der Waals surface area contributed by atoms with Crippen LogP contribution in [0.2, 0.25) is 0 Å². The molecule has 1 aliphatic rings. The maximum atomic E-state index is 12.1. The average molecular weight is 355 g/mol. The fourth-order valence-electron chi connectivity index (χ4n) is 2.31. The minimum atomic E-state index is -0.467. The van der Waals surface area contributed by atoms with E-state index in [1.54, 1.807) is 13.3 Å². The van der Waals surface area contributed by atoms with E-state index in [9.17, 15) is 9.59 Å². The number of nitrogens with one attached hydrogen (secondary N) is 2. The smallest absolute Gasteiger partial charge is 0.241 e. The van der Waals surface area contributed by atoms with Crippen molar-refractivity contribution in [2.45, 2.75) is 16.6 Å². The molecule has 1 heterocycles. The summed E-state index contributed by atoms with van der Waals surface area (Å²) in [6.45, 7) is 0. The van der Waals surface area contributed by atoms with Gasteiger partial charge in [-0.05, 0) is 42.0 Å². The van der Waals surface area contributed by atoms with Crippen LogP contribution >= 0.6 is 11.8 Å². The van der Waals surface area contributed by atoms with Crippen molar-refractivity contribution in [3.63, 3.8) is 0 Å². The van der Waals surface area contributed by atoms with Crippen LogP contribution in [0.4, 0.5) is 5.69 Å². The molecule has 0 spiro atoms. The van der Waals surface area contributed by atoms with Crippen molar-refractivity contribution in [2.75, 3.05) is 12.4 Å². The van der Waals surface area contributed by atoms with Crippen LogP contribution in [0.3, 0.4) is 0 Å². The second-order valence-corrected chi connectivity index (χ2v) is 6.61. The predicted molar refractivity (Wildman–Crippen MR) is 98.1 cm³/mol. The third-order valence-corrected chi connectivity index (χ3v) is 4.87. The number of methoxy groups -OCH3 is 1. The molecule has 7 heteroatoms. The number of amides is 2. The van der Waals surface area contributed by atoms with E-state index < -0.39 is 5.25 Å². The second-order valence-electron chi connectivity index (χ2n) is 5.36. The van der Waals surface area contributed by atoms with E-state index in [2.05, 4.69) is 15.8 Å². The number of carbonyl (C=O) groups is 2. The Bertz CT molecular complexity index is 805. The predicted octanol–water partition coefficient (Wildman–Crippen LogP) is 2.65. The van der Waals surface area contributed by atoms with E-state index in [-0.39, 0.29) is 18.2 Å². The van der Waals surface area contributed by atoms with Crippen molar-refractivity contribution in [2.24, 2.45) is 5.10 Å². The number of rotatable bonds is 5. The fraction of sp³-hybridized carbons (Fsp3) is 0.167. The number of ether oxygens (including phenoxy) is 1. The molecule has 2 aromatic rings. The number of nitrogens with zero attached hydrogens (tertiary/aromatic N) is 1. The van der Waals surface area contributed by atoms with E-state index >= 15 is 0 Å². The summed E-state index contributed by atoms with van der Waals surface area (Å²) < 4.78 is 5.08. The van der Waals surface area contributed by atoms with Crippen LogP contribution in [0.1, 0.15) is 12.0 Å². The van der Waals surface area contributed by atoms with Gasteiger partial charge in [0, 0.05) is 11.3 Å². The first-order valence-electron chi connectivity index (χ1n) is 7.68. The van der Waals surface area contributed by atoms with Crippen LogP contribution in [0.5, 0.6) is 5.75 Å². The van der Waals surface area contributed by atoms with Gasteiger partial charge in [-0.2, -0.15) is 5.10 Å². The number of hydrazone groups is 1. The number of para-hydroxylation sites is 1. The Morgan fingerprint density at radius 2 is 2.04 bits per heavy atom. The van der Waals surface area contributed by atoms with Crippen molar-refractivity contribution >= 4 is 35.5 Å². The normalized spacial score (nSPS) is 16.2. The number of hydrogen-bond acceptors (Lipinski definition) is 5. The summed E-state index contributed by atoms with van der Waals surface area (Å²) in [6.07, 6.45) is 1.60. The molecule has 1 atom stereocenters. The Morgan fingerprint density at radius 3 is 2.80 bits per heavy atom. The molecule has 0 aromatic heterocycles. The molecule has 2 aromatic carbocycles. The maximum Gasteiger partial charge on any atom is 0.241 e. The lowest BCUT2D eigenvalue weighted by Gasteiger charge is -2.23. The molecule has 0 saturated carbocycles. The summed E-state index contributed by atoms with van der Waals surface area (Å²) in [5, 5.41) is 6.28. The van der Waals surface area contributed by atoms with Gasteiger partial charge in [-0.1, -0.05) is 12.1 Å². The Labute approximate surface area is 149 Å². The monoisotopic (exact) mass is 355 g/mol. The molecule has 25 heavy (non-hydrogen) atoms. The topological polar surface area (TPSA) is 79.8 Å². The van der Waals surface area contributed by atoms with Gasteiger partial charge in [0.15, 0.2) is 0 Å². The molecular weight excluding hydrogens is 338 g/mol. The molecule has 0 saturated heterocycles. The van der Waals surface area contributed by atoms with Crippen molar-refractivity contribution in [3.8, 4) is 5.75 Å². The number of hydrogen-bond donors (Lipinski definition) is 2.